The van der Waals surface area contributed by atoms with Gasteiger partial charge in [-0.3, -0.25) is 14.6 Å². The van der Waals surface area contributed by atoms with Crippen LogP contribution in [0.25, 0.3) is 0 Å². The number of esters is 1. The molecular formula is C17H15N3O4. The Bertz CT molecular complexity index is 804. The van der Waals surface area contributed by atoms with Crippen molar-refractivity contribution in [2.24, 2.45) is 5.10 Å². The first-order chi connectivity index (χ1) is 11.6. The van der Waals surface area contributed by atoms with Crippen molar-refractivity contribution in [1.82, 2.24) is 9.99 Å². The lowest BCUT2D eigenvalue weighted by Crippen LogP contribution is -2.26. The fourth-order valence-corrected chi connectivity index (χ4v) is 2.31. The van der Waals surface area contributed by atoms with Gasteiger partial charge in [0.15, 0.2) is 0 Å². The van der Waals surface area contributed by atoms with Crippen LogP contribution >= 0.6 is 0 Å². The van der Waals surface area contributed by atoms with E-state index in [-0.39, 0.29) is 5.91 Å². The monoisotopic (exact) mass is 325 g/mol. The summed E-state index contributed by atoms with van der Waals surface area (Å²) in [5.41, 5.74) is 1.24. The molecule has 0 spiro atoms. The molecule has 3 rings (SSSR count). The van der Waals surface area contributed by atoms with Crippen LogP contribution in [0.3, 0.4) is 0 Å². The van der Waals surface area contributed by atoms with Gasteiger partial charge >= 0.3 is 5.97 Å². The number of hydrazone groups is 1. The van der Waals surface area contributed by atoms with E-state index in [0.29, 0.717) is 22.8 Å². The van der Waals surface area contributed by atoms with E-state index in [1.54, 1.807) is 48.8 Å². The lowest BCUT2D eigenvalue weighted by atomic mass is 10.1. The maximum Gasteiger partial charge on any atom is 0.308 e. The molecule has 24 heavy (non-hydrogen) atoms. The Morgan fingerprint density at radius 2 is 1.83 bits per heavy atom. The molecule has 0 saturated heterocycles. The minimum Gasteiger partial charge on any atom is -0.446 e. The second-order valence-electron chi connectivity index (χ2n) is 5.11. The Balaban J connectivity index is 1.97. The van der Waals surface area contributed by atoms with E-state index in [2.05, 4.69) is 10.1 Å². The summed E-state index contributed by atoms with van der Waals surface area (Å²) in [6.45, 7) is 2.71. The first-order valence-corrected chi connectivity index (χ1v) is 7.29. The van der Waals surface area contributed by atoms with Crippen molar-refractivity contribution >= 4 is 17.8 Å². The summed E-state index contributed by atoms with van der Waals surface area (Å²) in [6, 6.07) is 10.3. The van der Waals surface area contributed by atoms with Crippen LogP contribution in [-0.4, -0.2) is 27.8 Å². The number of para-hydroxylation sites is 1. The maximum absolute atomic E-state index is 12.0. The topological polar surface area (TPSA) is 81.1 Å². The molecule has 0 N–H and O–H groups in total. The molecule has 1 aliphatic heterocycles. The highest BCUT2D eigenvalue weighted by atomic mass is 16.5. The molecule has 1 atom stereocenters. The molecule has 0 saturated carbocycles. The summed E-state index contributed by atoms with van der Waals surface area (Å²) in [7, 11) is 0. The largest absolute Gasteiger partial charge is 0.446 e. The minimum atomic E-state index is -0.804. The molecule has 0 bridgehead atoms. The minimum absolute atomic E-state index is 0.290. The van der Waals surface area contributed by atoms with Crippen molar-refractivity contribution in [2.45, 2.75) is 20.1 Å². The van der Waals surface area contributed by atoms with Crippen LogP contribution in [0.5, 0.6) is 5.75 Å². The van der Waals surface area contributed by atoms with Crippen LogP contribution in [0.1, 0.15) is 31.2 Å². The van der Waals surface area contributed by atoms with Crippen LogP contribution in [0.4, 0.5) is 0 Å². The predicted molar refractivity (Wildman–Crippen MR) is 84.9 cm³/mol. The SMILES string of the molecule is CC(=O)Oc1ccccc1C1OC(c2ccncc2)=NN1C(C)=O. The zero-order valence-electron chi connectivity index (χ0n) is 13.2. The van der Waals surface area contributed by atoms with Crippen LogP contribution < -0.4 is 4.74 Å². The average Bonchev–Trinajstić information content (AvgIpc) is 3.01. The van der Waals surface area contributed by atoms with Gasteiger partial charge in [0.25, 0.3) is 0 Å². The third kappa shape index (κ3) is 3.10. The van der Waals surface area contributed by atoms with Gasteiger partial charge in [-0.05, 0) is 24.3 Å². The van der Waals surface area contributed by atoms with Crippen molar-refractivity contribution < 1.29 is 19.1 Å². The Morgan fingerprint density at radius 1 is 1.12 bits per heavy atom. The van der Waals surface area contributed by atoms with Crippen molar-refractivity contribution in [1.29, 1.82) is 0 Å². The molecule has 0 aliphatic carbocycles. The normalized spacial score (nSPS) is 16.3. The van der Waals surface area contributed by atoms with Crippen LogP contribution in [0.15, 0.2) is 53.9 Å². The molecule has 1 aliphatic rings. The third-order valence-electron chi connectivity index (χ3n) is 3.33. The zero-order valence-corrected chi connectivity index (χ0v) is 13.2. The van der Waals surface area contributed by atoms with E-state index < -0.39 is 12.2 Å². The van der Waals surface area contributed by atoms with E-state index in [1.807, 2.05) is 0 Å². The molecule has 1 unspecified atom stereocenters. The predicted octanol–water partition coefficient (Wildman–Crippen LogP) is 2.25. The number of hydrogen-bond acceptors (Lipinski definition) is 6. The van der Waals surface area contributed by atoms with Crippen LogP contribution in [-0.2, 0) is 14.3 Å². The summed E-state index contributed by atoms with van der Waals surface area (Å²) in [5, 5.41) is 5.47. The van der Waals surface area contributed by atoms with Crippen molar-refractivity contribution in [2.75, 3.05) is 0 Å². The molecule has 1 aromatic heterocycles. The summed E-state index contributed by atoms with van der Waals surface area (Å²) >= 11 is 0. The number of aromatic nitrogens is 1. The lowest BCUT2D eigenvalue weighted by Gasteiger charge is -2.21. The molecular weight excluding hydrogens is 310 g/mol. The Hall–Kier alpha value is -3.22. The Kier molecular flexibility index (Phi) is 4.24. The summed E-state index contributed by atoms with van der Waals surface area (Å²) < 4.78 is 11.1. The third-order valence-corrected chi connectivity index (χ3v) is 3.33. The molecule has 2 heterocycles. The van der Waals surface area contributed by atoms with Gasteiger partial charge in [0.2, 0.25) is 18.0 Å². The second kappa shape index (κ2) is 6.49. The Labute approximate surface area is 138 Å². The van der Waals surface area contributed by atoms with Gasteiger partial charge in [-0.2, -0.15) is 5.01 Å². The lowest BCUT2D eigenvalue weighted by molar-refractivity contribution is -0.135. The molecule has 122 valence electrons. The van der Waals surface area contributed by atoms with Gasteiger partial charge in [-0.15, -0.1) is 5.10 Å². The van der Waals surface area contributed by atoms with Gasteiger partial charge < -0.3 is 9.47 Å². The van der Waals surface area contributed by atoms with E-state index in [4.69, 9.17) is 9.47 Å². The summed E-state index contributed by atoms with van der Waals surface area (Å²) in [4.78, 5) is 27.2. The smallest absolute Gasteiger partial charge is 0.308 e. The summed E-state index contributed by atoms with van der Waals surface area (Å²) in [6.07, 6.45) is 2.42. The molecule has 7 nitrogen and oxygen atoms in total. The van der Waals surface area contributed by atoms with E-state index in [0.717, 1.165) is 0 Å². The number of carbonyl (C=O) groups excluding carboxylic acids is 2. The van der Waals surface area contributed by atoms with Gasteiger partial charge in [-0.1, -0.05) is 12.1 Å². The number of hydrogen-bond donors (Lipinski definition) is 0. The van der Waals surface area contributed by atoms with Gasteiger partial charge in [-0.25, -0.2) is 0 Å². The standard InChI is InChI=1S/C17H15N3O4/c1-11(21)20-17(14-5-3-4-6-15(14)23-12(2)22)24-16(19-20)13-7-9-18-10-8-13/h3-10,17H,1-2H3. The van der Waals surface area contributed by atoms with Crippen molar-refractivity contribution in [3.05, 3.63) is 59.9 Å². The number of nitrogens with zero attached hydrogens (tertiary/aromatic N) is 3. The van der Waals surface area contributed by atoms with E-state index in [9.17, 15) is 9.59 Å². The number of carbonyl (C=O) groups is 2. The zero-order chi connectivity index (χ0) is 17.1. The number of pyridine rings is 1. The van der Waals surface area contributed by atoms with Gasteiger partial charge in [0, 0.05) is 31.8 Å². The molecule has 0 radical (unpaired) electrons. The molecule has 0 fully saturated rings. The number of ether oxygens (including phenoxy) is 2. The number of rotatable bonds is 3. The van der Waals surface area contributed by atoms with Crippen LogP contribution in [0, 0.1) is 0 Å². The highest BCUT2D eigenvalue weighted by Gasteiger charge is 2.35. The van der Waals surface area contributed by atoms with E-state index >= 15 is 0 Å². The summed E-state index contributed by atoms with van der Waals surface area (Å²) in [5.74, 6) is -0.116. The molecule has 2 aromatic rings. The van der Waals surface area contributed by atoms with Gasteiger partial charge in [0.05, 0.1) is 5.56 Å². The molecule has 1 amide bonds. The van der Waals surface area contributed by atoms with Crippen molar-refractivity contribution in [3.63, 3.8) is 0 Å². The highest BCUT2D eigenvalue weighted by Crippen LogP contribution is 2.35. The van der Waals surface area contributed by atoms with Gasteiger partial charge in [0.1, 0.15) is 5.75 Å². The van der Waals surface area contributed by atoms with Crippen molar-refractivity contribution in [3.8, 4) is 5.75 Å². The van der Waals surface area contributed by atoms with E-state index in [1.165, 1.54) is 18.9 Å². The first-order valence-electron chi connectivity index (χ1n) is 7.29. The molecule has 1 aromatic carbocycles. The quantitative estimate of drug-likeness (QED) is 0.638. The highest BCUT2D eigenvalue weighted by molar-refractivity contribution is 5.96. The average molecular weight is 325 g/mol. The number of amides is 1. The fraction of sp³-hybridized carbons (Fsp3) is 0.176. The molecule has 7 heteroatoms. The fourth-order valence-electron chi connectivity index (χ4n) is 2.31. The first kappa shape index (κ1) is 15.7. The Morgan fingerprint density at radius 3 is 2.50 bits per heavy atom. The van der Waals surface area contributed by atoms with Crippen LogP contribution in [0.2, 0.25) is 0 Å². The maximum atomic E-state index is 12.0. The number of benzene rings is 1. The second-order valence-corrected chi connectivity index (χ2v) is 5.11.